The van der Waals surface area contributed by atoms with Crippen molar-refractivity contribution >= 4 is 28.4 Å². The number of nitrogens with two attached hydrogens (primary N) is 1. The molecular weight excluding hydrogens is 254 g/mol. The Hall–Kier alpha value is -1.56. The van der Waals surface area contributed by atoms with Crippen molar-refractivity contribution in [2.75, 3.05) is 13.7 Å². The zero-order valence-corrected chi connectivity index (χ0v) is 10.6. The lowest BCUT2D eigenvalue weighted by molar-refractivity contribution is -0.125. The molecule has 1 amide bonds. The zero-order chi connectivity index (χ0) is 13.1. The van der Waals surface area contributed by atoms with E-state index in [2.05, 4.69) is 5.43 Å². The molecule has 0 spiro atoms. The third-order valence-corrected chi connectivity index (χ3v) is 3.10. The van der Waals surface area contributed by atoms with Crippen LogP contribution in [0.2, 0.25) is 5.02 Å². The molecule has 0 saturated heterocycles. The molecule has 1 heterocycles. The first kappa shape index (κ1) is 12.9. The van der Waals surface area contributed by atoms with Crippen LogP contribution in [-0.4, -0.2) is 24.2 Å². The summed E-state index contributed by atoms with van der Waals surface area (Å²) < 4.78 is 6.83. The largest absolute Gasteiger partial charge is 0.382 e. The van der Waals surface area contributed by atoms with Gasteiger partial charge >= 0.3 is 0 Å². The second kappa shape index (κ2) is 5.39. The lowest BCUT2D eigenvalue weighted by Gasteiger charge is -2.18. The van der Waals surface area contributed by atoms with Gasteiger partial charge in [-0.25, -0.2) is 5.84 Å². The third-order valence-electron chi connectivity index (χ3n) is 2.80. The fourth-order valence-electron chi connectivity index (χ4n) is 1.97. The number of amides is 1. The monoisotopic (exact) mass is 267 g/mol. The van der Waals surface area contributed by atoms with Crippen LogP contribution >= 0.6 is 11.6 Å². The number of nitrogens with zero attached hydrogens (tertiary/aromatic N) is 1. The summed E-state index contributed by atoms with van der Waals surface area (Å²) in [6, 6.07) is 6.93. The number of hydrogen-bond acceptors (Lipinski definition) is 3. The van der Waals surface area contributed by atoms with Crippen molar-refractivity contribution in [1.82, 2.24) is 9.99 Å². The molecule has 18 heavy (non-hydrogen) atoms. The Morgan fingerprint density at radius 2 is 2.33 bits per heavy atom. The van der Waals surface area contributed by atoms with Gasteiger partial charge in [0, 0.05) is 18.7 Å². The van der Waals surface area contributed by atoms with E-state index < -0.39 is 6.04 Å². The Bertz CT molecular complexity index is 567. The van der Waals surface area contributed by atoms with Crippen LogP contribution in [-0.2, 0) is 9.53 Å². The van der Waals surface area contributed by atoms with E-state index in [4.69, 9.17) is 22.2 Å². The first-order valence-corrected chi connectivity index (χ1v) is 5.81. The van der Waals surface area contributed by atoms with Crippen molar-refractivity contribution in [2.45, 2.75) is 6.04 Å². The van der Waals surface area contributed by atoms with E-state index in [0.29, 0.717) is 5.02 Å². The van der Waals surface area contributed by atoms with Crippen LogP contribution in [0, 0.1) is 0 Å². The predicted octanol–water partition coefficient (Wildman–Crippen LogP) is 1.47. The molecule has 0 aliphatic rings. The van der Waals surface area contributed by atoms with E-state index >= 15 is 0 Å². The number of fused-ring (bicyclic) bond motifs is 1. The van der Waals surface area contributed by atoms with Crippen molar-refractivity contribution < 1.29 is 9.53 Å². The van der Waals surface area contributed by atoms with Gasteiger partial charge in [-0.05, 0) is 12.1 Å². The molecule has 0 fully saturated rings. The minimum absolute atomic E-state index is 0.220. The number of carbonyl (C=O) groups is 1. The Balaban J connectivity index is 2.54. The molecule has 2 aromatic rings. The molecule has 1 atom stereocenters. The molecule has 0 bridgehead atoms. The number of methoxy groups -OCH3 is 1. The summed E-state index contributed by atoms with van der Waals surface area (Å²) >= 11 is 6.17. The lowest BCUT2D eigenvalue weighted by Crippen LogP contribution is -2.38. The van der Waals surface area contributed by atoms with Crippen LogP contribution in [0.1, 0.15) is 6.04 Å². The van der Waals surface area contributed by atoms with Crippen LogP contribution in [0.5, 0.6) is 0 Å². The molecule has 0 aliphatic carbocycles. The molecule has 6 heteroatoms. The van der Waals surface area contributed by atoms with E-state index in [0.717, 1.165) is 10.9 Å². The molecule has 0 aliphatic heterocycles. The summed E-state index contributed by atoms with van der Waals surface area (Å²) in [6.45, 7) is 0.220. The molecule has 3 N–H and O–H groups in total. The first-order chi connectivity index (χ1) is 8.69. The number of aromatic nitrogens is 1. The Kier molecular flexibility index (Phi) is 3.86. The molecule has 2 rings (SSSR count). The van der Waals surface area contributed by atoms with Gasteiger partial charge in [0.25, 0.3) is 5.91 Å². The van der Waals surface area contributed by atoms with Crippen LogP contribution in [0.4, 0.5) is 0 Å². The topological polar surface area (TPSA) is 69.3 Å². The van der Waals surface area contributed by atoms with Gasteiger partial charge in [0.1, 0.15) is 6.04 Å². The molecule has 5 nitrogen and oxygen atoms in total. The van der Waals surface area contributed by atoms with Crippen LogP contribution in [0.25, 0.3) is 10.9 Å². The second-order valence-electron chi connectivity index (χ2n) is 3.88. The number of halogens is 1. The maximum absolute atomic E-state index is 11.8. The lowest BCUT2D eigenvalue weighted by atomic mass is 10.2. The number of hydrazine groups is 1. The molecule has 96 valence electrons. The standard InChI is InChI=1S/C12H14ClN3O2/c1-18-7-10(12(17)15-14)16-6-5-8-3-2-4-9(13)11(8)16/h2-6,10H,7,14H2,1H3,(H,15,17). The molecule has 1 aromatic carbocycles. The molecule has 0 radical (unpaired) electrons. The summed E-state index contributed by atoms with van der Waals surface area (Å²) in [4.78, 5) is 11.8. The zero-order valence-electron chi connectivity index (χ0n) is 9.89. The van der Waals surface area contributed by atoms with Crippen molar-refractivity contribution in [3.63, 3.8) is 0 Å². The van der Waals surface area contributed by atoms with Crippen LogP contribution in [0.3, 0.4) is 0 Å². The van der Waals surface area contributed by atoms with Crippen LogP contribution < -0.4 is 11.3 Å². The summed E-state index contributed by atoms with van der Waals surface area (Å²) in [5, 5.41) is 1.55. The smallest absolute Gasteiger partial charge is 0.259 e. The Morgan fingerprint density at radius 1 is 1.56 bits per heavy atom. The Morgan fingerprint density at radius 3 is 3.00 bits per heavy atom. The summed E-state index contributed by atoms with van der Waals surface area (Å²) in [5.41, 5.74) is 2.94. The van der Waals surface area contributed by atoms with Gasteiger partial charge in [0.15, 0.2) is 0 Å². The number of para-hydroxylation sites is 1. The molecule has 1 aromatic heterocycles. The third kappa shape index (κ3) is 2.20. The summed E-state index contributed by atoms with van der Waals surface area (Å²) in [6.07, 6.45) is 1.80. The van der Waals surface area contributed by atoms with Crippen molar-refractivity contribution in [3.8, 4) is 0 Å². The van der Waals surface area contributed by atoms with Crippen molar-refractivity contribution in [1.29, 1.82) is 0 Å². The van der Waals surface area contributed by atoms with E-state index in [1.54, 1.807) is 16.8 Å². The van der Waals surface area contributed by atoms with E-state index in [1.807, 2.05) is 18.2 Å². The number of carbonyl (C=O) groups excluding carboxylic acids is 1. The highest BCUT2D eigenvalue weighted by Gasteiger charge is 2.21. The highest BCUT2D eigenvalue weighted by Crippen LogP contribution is 2.27. The number of nitrogens with one attached hydrogen (secondary N) is 1. The fraction of sp³-hybridized carbons (Fsp3) is 0.250. The van der Waals surface area contributed by atoms with Gasteiger partial charge in [0.2, 0.25) is 0 Å². The Labute approximate surface area is 109 Å². The number of hydrogen-bond donors (Lipinski definition) is 2. The quantitative estimate of drug-likeness (QED) is 0.501. The minimum atomic E-state index is -0.544. The van der Waals surface area contributed by atoms with Gasteiger partial charge in [-0.3, -0.25) is 10.2 Å². The maximum atomic E-state index is 11.8. The van der Waals surface area contributed by atoms with Gasteiger partial charge in [-0.2, -0.15) is 0 Å². The number of ether oxygens (including phenoxy) is 1. The average Bonchev–Trinajstić information content (AvgIpc) is 2.80. The van der Waals surface area contributed by atoms with Gasteiger partial charge in [-0.1, -0.05) is 23.7 Å². The van der Waals surface area contributed by atoms with E-state index in [-0.39, 0.29) is 12.5 Å². The van der Waals surface area contributed by atoms with Gasteiger partial charge in [-0.15, -0.1) is 0 Å². The predicted molar refractivity (Wildman–Crippen MR) is 70.2 cm³/mol. The molecule has 0 saturated carbocycles. The molecular formula is C12H14ClN3O2. The van der Waals surface area contributed by atoms with E-state index in [9.17, 15) is 4.79 Å². The minimum Gasteiger partial charge on any atom is -0.382 e. The molecule has 1 unspecified atom stereocenters. The van der Waals surface area contributed by atoms with Crippen molar-refractivity contribution in [2.24, 2.45) is 5.84 Å². The number of rotatable bonds is 4. The maximum Gasteiger partial charge on any atom is 0.259 e. The normalized spacial score (nSPS) is 12.6. The van der Waals surface area contributed by atoms with E-state index in [1.165, 1.54) is 7.11 Å². The average molecular weight is 268 g/mol. The van der Waals surface area contributed by atoms with Gasteiger partial charge in [0.05, 0.1) is 17.1 Å². The summed E-state index contributed by atoms with van der Waals surface area (Å²) in [5.74, 6) is 4.87. The SMILES string of the molecule is COCC(C(=O)NN)n1ccc2cccc(Cl)c21. The fourth-order valence-corrected chi connectivity index (χ4v) is 2.25. The number of benzene rings is 1. The second-order valence-corrected chi connectivity index (χ2v) is 4.29. The first-order valence-electron chi connectivity index (χ1n) is 5.43. The highest BCUT2D eigenvalue weighted by atomic mass is 35.5. The van der Waals surface area contributed by atoms with Crippen molar-refractivity contribution in [3.05, 3.63) is 35.5 Å². The highest BCUT2D eigenvalue weighted by molar-refractivity contribution is 6.35. The summed E-state index contributed by atoms with van der Waals surface area (Å²) in [7, 11) is 1.53. The van der Waals surface area contributed by atoms with Gasteiger partial charge < -0.3 is 9.30 Å². The van der Waals surface area contributed by atoms with Crippen LogP contribution in [0.15, 0.2) is 30.5 Å².